The van der Waals surface area contributed by atoms with Gasteiger partial charge in [-0.2, -0.15) is 18.2 Å². The van der Waals surface area contributed by atoms with Crippen LogP contribution in [0.3, 0.4) is 0 Å². The predicted octanol–water partition coefficient (Wildman–Crippen LogP) is 4.56. The number of nitrogens with zero attached hydrogens (tertiary/aromatic N) is 3. The Bertz CT molecular complexity index is 1030. The SMILES string of the molecule is O=C(O)CNc1nc(Nc2ccc(Br)c(C(F)(F)F)c2)cc(-c2ccccn2)n1. The number of hydrogen-bond donors (Lipinski definition) is 3. The van der Waals surface area contributed by atoms with Crippen molar-refractivity contribution in [1.82, 2.24) is 15.0 Å². The van der Waals surface area contributed by atoms with E-state index in [1.807, 2.05) is 0 Å². The third-order valence-corrected chi connectivity index (χ3v) is 4.29. The lowest BCUT2D eigenvalue weighted by Crippen LogP contribution is -2.15. The fraction of sp³-hybridized carbons (Fsp3) is 0.111. The summed E-state index contributed by atoms with van der Waals surface area (Å²) in [6.45, 7) is -0.429. The molecule has 0 radical (unpaired) electrons. The fourth-order valence-electron chi connectivity index (χ4n) is 2.36. The second-order valence-corrected chi connectivity index (χ2v) is 6.60. The van der Waals surface area contributed by atoms with Gasteiger partial charge in [-0.05, 0) is 30.3 Å². The van der Waals surface area contributed by atoms with Crippen LogP contribution in [0.2, 0.25) is 0 Å². The van der Waals surface area contributed by atoms with Crippen LogP contribution in [0.1, 0.15) is 5.56 Å². The molecule has 0 atom stereocenters. The third kappa shape index (κ3) is 5.41. The van der Waals surface area contributed by atoms with Crippen LogP contribution in [0.15, 0.2) is 53.1 Å². The standard InChI is InChI=1S/C18H13BrF3N5O2/c19-12-5-4-10(7-11(12)18(20,21)22)25-15-8-14(13-3-1-2-6-23-13)26-17(27-15)24-9-16(28)29/h1-8H,9H2,(H,28,29)(H2,24,25,26,27). The summed E-state index contributed by atoms with van der Waals surface area (Å²) in [6, 6.07) is 10.3. The minimum atomic E-state index is -4.53. The summed E-state index contributed by atoms with van der Waals surface area (Å²) >= 11 is 2.89. The van der Waals surface area contributed by atoms with Crippen molar-refractivity contribution >= 4 is 39.4 Å². The second kappa shape index (κ2) is 8.43. The maximum atomic E-state index is 13.1. The van der Waals surface area contributed by atoms with Gasteiger partial charge in [0.05, 0.1) is 17.0 Å². The van der Waals surface area contributed by atoms with Crippen molar-refractivity contribution in [2.75, 3.05) is 17.2 Å². The van der Waals surface area contributed by atoms with Crippen LogP contribution in [0.4, 0.5) is 30.6 Å². The summed E-state index contributed by atoms with van der Waals surface area (Å²) < 4.78 is 39.3. The van der Waals surface area contributed by atoms with Crippen molar-refractivity contribution in [3.8, 4) is 11.4 Å². The zero-order valence-corrected chi connectivity index (χ0v) is 16.1. The number of pyridine rings is 1. The van der Waals surface area contributed by atoms with Crippen LogP contribution in [0.5, 0.6) is 0 Å². The van der Waals surface area contributed by atoms with Gasteiger partial charge in [0.1, 0.15) is 12.4 Å². The number of carbonyl (C=O) groups is 1. The van der Waals surface area contributed by atoms with Crippen LogP contribution in [-0.4, -0.2) is 32.6 Å². The summed E-state index contributed by atoms with van der Waals surface area (Å²) in [4.78, 5) is 23.3. The van der Waals surface area contributed by atoms with E-state index in [-0.39, 0.29) is 21.9 Å². The summed E-state index contributed by atoms with van der Waals surface area (Å²) in [6.07, 6.45) is -2.98. The molecule has 0 spiro atoms. The van der Waals surface area contributed by atoms with Crippen molar-refractivity contribution in [2.45, 2.75) is 6.18 Å². The largest absolute Gasteiger partial charge is 0.480 e. The summed E-state index contributed by atoms with van der Waals surface area (Å²) in [5.41, 5.74) is 0.161. The monoisotopic (exact) mass is 467 g/mol. The molecular weight excluding hydrogens is 455 g/mol. The first kappa shape index (κ1) is 20.5. The molecule has 0 amide bonds. The lowest BCUT2D eigenvalue weighted by Gasteiger charge is -2.13. The van der Waals surface area contributed by atoms with Gasteiger partial charge in [-0.25, -0.2) is 4.98 Å². The summed E-state index contributed by atoms with van der Waals surface area (Å²) in [7, 11) is 0. The predicted molar refractivity (Wildman–Crippen MR) is 104 cm³/mol. The van der Waals surface area contributed by atoms with Crippen molar-refractivity contribution in [2.24, 2.45) is 0 Å². The number of aromatic nitrogens is 3. The molecule has 0 aliphatic carbocycles. The molecule has 0 saturated heterocycles. The molecule has 11 heteroatoms. The molecule has 0 aliphatic rings. The van der Waals surface area contributed by atoms with Crippen LogP contribution in [0.25, 0.3) is 11.4 Å². The molecule has 3 aromatic rings. The highest BCUT2D eigenvalue weighted by atomic mass is 79.9. The molecule has 0 fully saturated rings. The maximum absolute atomic E-state index is 13.1. The zero-order valence-electron chi connectivity index (χ0n) is 14.5. The minimum Gasteiger partial charge on any atom is -0.480 e. The number of carboxylic acid groups (broad SMARTS) is 1. The highest BCUT2D eigenvalue weighted by Crippen LogP contribution is 2.37. The van der Waals surface area contributed by atoms with Gasteiger partial charge in [0.25, 0.3) is 0 Å². The molecule has 0 saturated carbocycles. The molecule has 0 aliphatic heterocycles. The number of carboxylic acids is 1. The van der Waals surface area contributed by atoms with Crippen molar-refractivity contribution < 1.29 is 23.1 Å². The van der Waals surface area contributed by atoms with E-state index >= 15 is 0 Å². The fourth-order valence-corrected chi connectivity index (χ4v) is 2.83. The first-order valence-corrected chi connectivity index (χ1v) is 8.91. The average molecular weight is 468 g/mol. The molecule has 1 aromatic carbocycles. The Morgan fingerprint density at radius 1 is 1.10 bits per heavy atom. The molecule has 0 bridgehead atoms. The van der Waals surface area contributed by atoms with E-state index in [4.69, 9.17) is 5.11 Å². The van der Waals surface area contributed by atoms with Gasteiger partial charge >= 0.3 is 12.1 Å². The average Bonchev–Trinajstić information content (AvgIpc) is 2.67. The number of rotatable bonds is 6. The summed E-state index contributed by atoms with van der Waals surface area (Å²) in [5.74, 6) is -0.954. The Morgan fingerprint density at radius 3 is 2.55 bits per heavy atom. The summed E-state index contributed by atoms with van der Waals surface area (Å²) in [5, 5.41) is 14.2. The number of alkyl halides is 3. The highest BCUT2D eigenvalue weighted by molar-refractivity contribution is 9.10. The number of anilines is 3. The molecular formula is C18H13BrF3N5O2. The topological polar surface area (TPSA) is 100 Å². The number of nitrogens with one attached hydrogen (secondary N) is 2. The number of halogens is 4. The lowest BCUT2D eigenvalue weighted by molar-refractivity contribution is -0.138. The molecule has 3 N–H and O–H groups in total. The van der Waals surface area contributed by atoms with E-state index in [1.165, 1.54) is 18.2 Å². The van der Waals surface area contributed by atoms with Gasteiger partial charge in [0.15, 0.2) is 0 Å². The first-order chi connectivity index (χ1) is 13.7. The van der Waals surface area contributed by atoms with Gasteiger partial charge in [-0.1, -0.05) is 22.0 Å². The van der Waals surface area contributed by atoms with E-state index < -0.39 is 24.3 Å². The van der Waals surface area contributed by atoms with Crippen LogP contribution >= 0.6 is 15.9 Å². The smallest absolute Gasteiger partial charge is 0.417 e. The number of aliphatic carboxylic acids is 1. The Morgan fingerprint density at radius 2 is 1.90 bits per heavy atom. The zero-order chi connectivity index (χ0) is 21.0. The van der Waals surface area contributed by atoms with Crippen LogP contribution < -0.4 is 10.6 Å². The molecule has 0 unspecified atom stereocenters. The number of hydrogen-bond acceptors (Lipinski definition) is 6. The molecule has 3 rings (SSSR count). The quantitative estimate of drug-likeness (QED) is 0.488. The van der Waals surface area contributed by atoms with Gasteiger partial charge in [0, 0.05) is 22.4 Å². The first-order valence-electron chi connectivity index (χ1n) is 8.12. The van der Waals surface area contributed by atoms with Crippen LogP contribution in [0, 0.1) is 0 Å². The second-order valence-electron chi connectivity index (χ2n) is 5.74. The van der Waals surface area contributed by atoms with E-state index in [1.54, 1.807) is 24.4 Å². The van der Waals surface area contributed by atoms with Gasteiger partial charge in [0.2, 0.25) is 5.95 Å². The van der Waals surface area contributed by atoms with Gasteiger partial charge in [-0.15, -0.1) is 0 Å². The third-order valence-electron chi connectivity index (χ3n) is 3.60. The maximum Gasteiger partial charge on any atom is 0.417 e. The van der Waals surface area contributed by atoms with E-state index in [0.717, 1.165) is 6.07 Å². The van der Waals surface area contributed by atoms with Crippen molar-refractivity contribution in [1.29, 1.82) is 0 Å². The Kier molecular flexibility index (Phi) is 5.97. The van der Waals surface area contributed by atoms with Crippen molar-refractivity contribution in [3.05, 3.63) is 58.7 Å². The van der Waals surface area contributed by atoms with Gasteiger partial charge < -0.3 is 15.7 Å². The molecule has 150 valence electrons. The lowest BCUT2D eigenvalue weighted by atomic mass is 10.2. The van der Waals surface area contributed by atoms with Crippen molar-refractivity contribution in [3.63, 3.8) is 0 Å². The number of benzene rings is 1. The van der Waals surface area contributed by atoms with E-state index in [0.29, 0.717) is 11.4 Å². The normalized spacial score (nSPS) is 11.2. The van der Waals surface area contributed by atoms with Crippen LogP contribution in [-0.2, 0) is 11.0 Å². The van der Waals surface area contributed by atoms with E-state index in [9.17, 15) is 18.0 Å². The Balaban J connectivity index is 1.98. The Hall–Kier alpha value is -3.21. The minimum absolute atomic E-state index is 0.00814. The van der Waals surface area contributed by atoms with E-state index in [2.05, 4.69) is 41.5 Å². The Labute approximate surface area is 171 Å². The highest BCUT2D eigenvalue weighted by Gasteiger charge is 2.33. The molecule has 2 heterocycles. The van der Waals surface area contributed by atoms with Gasteiger partial charge in [-0.3, -0.25) is 9.78 Å². The molecule has 7 nitrogen and oxygen atoms in total. The molecule has 29 heavy (non-hydrogen) atoms. The molecule has 2 aromatic heterocycles.